The molecule has 2 N–H and O–H groups in total. The van der Waals surface area contributed by atoms with Gasteiger partial charge in [-0.3, -0.25) is 9.59 Å². The number of fused-ring (bicyclic) bond motifs is 1. The van der Waals surface area contributed by atoms with Crippen LogP contribution in [-0.4, -0.2) is 4.57 Å². The Kier molecular flexibility index (Phi) is 3.89. The van der Waals surface area contributed by atoms with Crippen LogP contribution in [0.2, 0.25) is 0 Å². The smallest absolute Gasteiger partial charge is 0.253 e. The highest BCUT2D eigenvalue weighted by atomic mass is 16.3. The Morgan fingerprint density at radius 2 is 1.83 bits per heavy atom. The second-order valence-corrected chi connectivity index (χ2v) is 6.32. The summed E-state index contributed by atoms with van der Waals surface area (Å²) in [5.74, 6) is 0.428. The van der Waals surface area contributed by atoms with Crippen LogP contribution in [0.15, 0.2) is 44.5 Å². The maximum absolute atomic E-state index is 12.6. The number of aromatic nitrogens is 1. The largest absolute Gasteiger partial charge is 0.455 e. The maximum Gasteiger partial charge on any atom is 0.253 e. The fraction of sp³-hybridized carbons (Fsp3) is 0.263. The third-order valence-corrected chi connectivity index (χ3v) is 4.14. The molecule has 0 aliphatic rings. The lowest BCUT2D eigenvalue weighted by Crippen LogP contribution is -2.18. The van der Waals surface area contributed by atoms with E-state index in [1.165, 1.54) is 10.6 Å². The number of nitrogens with zero attached hydrogens (tertiary/aromatic N) is 1. The standard InChI is InChI=1S/C19H20N2O3/c1-10-5-14(12(3)20)18-15(6-10)16(22)8-17(24-18)13-7-11(2)19(23)21(4)9-13/h5-9,12H,20H2,1-4H3. The Balaban J connectivity index is 2.36. The van der Waals surface area contributed by atoms with Gasteiger partial charge < -0.3 is 14.7 Å². The quantitative estimate of drug-likeness (QED) is 0.786. The minimum absolute atomic E-state index is 0.0752. The van der Waals surface area contributed by atoms with E-state index in [0.717, 1.165) is 11.1 Å². The predicted molar refractivity (Wildman–Crippen MR) is 95.2 cm³/mol. The van der Waals surface area contributed by atoms with Crippen molar-refractivity contribution in [1.82, 2.24) is 4.57 Å². The summed E-state index contributed by atoms with van der Waals surface area (Å²) in [6, 6.07) is 6.68. The van der Waals surface area contributed by atoms with Crippen LogP contribution in [0.4, 0.5) is 0 Å². The molecule has 0 spiro atoms. The molecular weight excluding hydrogens is 304 g/mol. The molecular formula is C19H20N2O3. The minimum Gasteiger partial charge on any atom is -0.455 e. The zero-order valence-corrected chi connectivity index (χ0v) is 14.2. The first-order chi connectivity index (χ1) is 11.3. The van der Waals surface area contributed by atoms with Crippen LogP contribution >= 0.6 is 0 Å². The third-order valence-electron chi connectivity index (χ3n) is 4.14. The number of benzene rings is 1. The molecule has 0 saturated heterocycles. The van der Waals surface area contributed by atoms with Gasteiger partial charge in [0.15, 0.2) is 5.43 Å². The molecule has 2 aromatic heterocycles. The van der Waals surface area contributed by atoms with Gasteiger partial charge in [0.25, 0.3) is 5.56 Å². The zero-order chi connectivity index (χ0) is 17.6. The van der Waals surface area contributed by atoms with Crippen molar-refractivity contribution in [3.8, 4) is 11.3 Å². The lowest BCUT2D eigenvalue weighted by atomic mass is 10.0. The molecule has 3 aromatic rings. The number of hydrogen-bond acceptors (Lipinski definition) is 4. The predicted octanol–water partition coefficient (Wildman–Crippen LogP) is 2.80. The first-order valence-corrected chi connectivity index (χ1v) is 7.79. The van der Waals surface area contributed by atoms with Crippen molar-refractivity contribution in [3.05, 3.63) is 67.7 Å². The van der Waals surface area contributed by atoms with E-state index in [-0.39, 0.29) is 17.0 Å². The molecule has 0 fully saturated rings. The van der Waals surface area contributed by atoms with Gasteiger partial charge in [-0.2, -0.15) is 0 Å². The van der Waals surface area contributed by atoms with Crippen LogP contribution in [0.1, 0.15) is 29.7 Å². The van der Waals surface area contributed by atoms with Gasteiger partial charge in [-0.05, 0) is 38.5 Å². The van der Waals surface area contributed by atoms with Crippen LogP contribution in [0.25, 0.3) is 22.3 Å². The fourth-order valence-corrected chi connectivity index (χ4v) is 2.93. The molecule has 1 unspecified atom stereocenters. The molecule has 0 aliphatic carbocycles. The number of rotatable bonds is 2. The third kappa shape index (κ3) is 2.67. The molecule has 2 heterocycles. The normalized spacial score (nSPS) is 12.5. The van der Waals surface area contributed by atoms with E-state index in [9.17, 15) is 9.59 Å². The van der Waals surface area contributed by atoms with E-state index in [2.05, 4.69) is 0 Å². The second kappa shape index (κ2) is 5.76. The fourth-order valence-electron chi connectivity index (χ4n) is 2.93. The van der Waals surface area contributed by atoms with Crippen LogP contribution < -0.4 is 16.7 Å². The summed E-state index contributed by atoms with van der Waals surface area (Å²) in [5, 5.41) is 0.521. The molecule has 5 heteroatoms. The lowest BCUT2D eigenvalue weighted by Gasteiger charge is -2.12. The molecule has 0 radical (unpaired) electrons. The van der Waals surface area contributed by atoms with Crippen molar-refractivity contribution < 1.29 is 4.42 Å². The van der Waals surface area contributed by atoms with E-state index >= 15 is 0 Å². The maximum atomic E-state index is 12.6. The molecule has 1 aromatic carbocycles. The SMILES string of the molecule is Cc1cc(C(C)N)c2oc(-c3cc(C)c(=O)n(C)c3)cc(=O)c2c1. The Morgan fingerprint density at radius 1 is 1.12 bits per heavy atom. The molecule has 124 valence electrons. The van der Waals surface area contributed by atoms with Crippen molar-refractivity contribution >= 4 is 11.0 Å². The molecule has 5 nitrogen and oxygen atoms in total. The number of pyridine rings is 1. The topological polar surface area (TPSA) is 78.2 Å². The Bertz CT molecular complexity index is 1030. The van der Waals surface area contributed by atoms with E-state index in [1.807, 2.05) is 26.0 Å². The molecule has 24 heavy (non-hydrogen) atoms. The van der Waals surface area contributed by atoms with Gasteiger partial charge in [-0.25, -0.2) is 0 Å². The molecule has 3 rings (SSSR count). The lowest BCUT2D eigenvalue weighted by molar-refractivity contribution is 0.606. The number of hydrogen-bond donors (Lipinski definition) is 1. The van der Waals surface area contributed by atoms with Gasteiger partial charge in [0.05, 0.1) is 5.39 Å². The Labute approximate surface area is 139 Å². The number of aryl methyl sites for hydroxylation is 3. The van der Waals surface area contributed by atoms with Crippen molar-refractivity contribution in [2.24, 2.45) is 12.8 Å². The highest BCUT2D eigenvalue weighted by Gasteiger charge is 2.14. The Hall–Kier alpha value is -2.66. The van der Waals surface area contributed by atoms with Crippen molar-refractivity contribution in [2.75, 3.05) is 0 Å². The summed E-state index contributed by atoms with van der Waals surface area (Å²) in [5.41, 5.74) is 9.39. The summed E-state index contributed by atoms with van der Waals surface area (Å²) in [6.45, 7) is 5.52. The summed E-state index contributed by atoms with van der Waals surface area (Å²) < 4.78 is 7.51. The van der Waals surface area contributed by atoms with Gasteiger partial charge in [0, 0.05) is 42.0 Å². The Morgan fingerprint density at radius 3 is 2.46 bits per heavy atom. The summed E-state index contributed by atoms with van der Waals surface area (Å²) in [6.07, 6.45) is 1.67. The molecule has 0 saturated carbocycles. The van der Waals surface area contributed by atoms with Gasteiger partial charge in [-0.1, -0.05) is 6.07 Å². The number of nitrogens with two attached hydrogens (primary N) is 1. The average molecular weight is 324 g/mol. The van der Waals surface area contributed by atoms with E-state index in [4.69, 9.17) is 10.2 Å². The molecule has 1 atom stereocenters. The molecule has 0 amide bonds. The van der Waals surface area contributed by atoms with Crippen LogP contribution in [-0.2, 0) is 7.05 Å². The minimum atomic E-state index is -0.257. The molecule has 0 bridgehead atoms. The van der Waals surface area contributed by atoms with Crippen LogP contribution in [0.3, 0.4) is 0 Å². The average Bonchev–Trinajstić information content (AvgIpc) is 2.51. The van der Waals surface area contributed by atoms with Crippen molar-refractivity contribution in [1.29, 1.82) is 0 Å². The van der Waals surface area contributed by atoms with E-state index in [1.54, 1.807) is 26.2 Å². The van der Waals surface area contributed by atoms with Crippen molar-refractivity contribution in [2.45, 2.75) is 26.8 Å². The second-order valence-electron chi connectivity index (χ2n) is 6.32. The van der Waals surface area contributed by atoms with Crippen LogP contribution in [0.5, 0.6) is 0 Å². The first-order valence-electron chi connectivity index (χ1n) is 7.79. The highest BCUT2D eigenvalue weighted by molar-refractivity contribution is 5.83. The van der Waals surface area contributed by atoms with Gasteiger partial charge in [0.2, 0.25) is 0 Å². The van der Waals surface area contributed by atoms with E-state index < -0.39 is 0 Å². The summed E-state index contributed by atoms with van der Waals surface area (Å²) in [4.78, 5) is 24.4. The molecule has 0 aliphatic heterocycles. The first kappa shape index (κ1) is 16.2. The summed E-state index contributed by atoms with van der Waals surface area (Å²) >= 11 is 0. The van der Waals surface area contributed by atoms with Crippen LogP contribution in [0, 0.1) is 13.8 Å². The monoisotopic (exact) mass is 324 g/mol. The summed E-state index contributed by atoms with van der Waals surface area (Å²) in [7, 11) is 1.68. The highest BCUT2D eigenvalue weighted by Crippen LogP contribution is 2.27. The van der Waals surface area contributed by atoms with E-state index in [0.29, 0.717) is 27.9 Å². The van der Waals surface area contributed by atoms with Gasteiger partial charge in [-0.15, -0.1) is 0 Å². The van der Waals surface area contributed by atoms with Gasteiger partial charge in [0.1, 0.15) is 11.3 Å². The van der Waals surface area contributed by atoms with Crippen molar-refractivity contribution in [3.63, 3.8) is 0 Å². The zero-order valence-electron chi connectivity index (χ0n) is 14.2. The van der Waals surface area contributed by atoms with Gasteiger partial charge >= 0.3 is 0 Å².